The van der Waals surface area contributed by atoms with Crippen molar-refractivity contribution in [2.45, 2.75) is 26.4 Å². The first-order valence-electron chi connectivity index (χ1n) is 5.09. The molecular weight excluding hydrogens is 208 g/mol. The van der Waals surface area contributed by atoms with E-state index in [1.54, 1.807) is 12.1 Å². The van der Waals surface area contributed by atoms with Crippen molar-refractivity contribution in [3.63, 3.8) is 0 Å². The second kappa shape index (κ2) is 5.46. The maximum absolute atomic E-state index is 10.9. The van der Waals surface area contributed by atoms with Crippen molar-refractivity contribution in [2.75, 3.05) is 6.54 Å². The summed E-state index contributed by atoms with van der Waals surface area (Å²) < 4.78 is 5.23. The number of primary amides is 1. The molecule has 0 fully saturated rings. The minimum Gasteiger partial charge on any atom is -0.457 e. The molecule has 16 heavy (non-hydrogen) atoms. The summed E-state index contributed by atoms with van der Waals surface area (Å²) in [5.74, 6) is 0.561. The van der Waals surface area contributed by atoms with Crippen LogP contribution in [0, 0.1) is 0 Å². The Morgan fingerprint density at radius 3 is 2.69 bits per heavy atom. The number of rotatable bonds is 6. The van der Waals surface area contributed by atoms with Crippen LogP contribution in [0.2, 0.25) is 0 Å². The Hall–Kier alpha value is -1.62. The van der Waals surface area contributed by atoms with Gasteiger partial charge in [-0.15, -0.1) is 0 Å². The molecule has 0 aliphatic rings. The van der Waals surface area contributed by atoms with E-state index in [9.17, 15) is 9.59 Å². The predicted molar refractivity (Wildman–Crippen MR) is 58.8 cm³/mol. The van der Waals surface area contributed by atoms with Crippen molar-refractivity contribution in [3.05, 3.63) is 23.7 Å². The van der Waals surface area contributed by atoms with Crippen molar-refractivity contribution in [3.8, 4) is 0 Å². The number of nitrogens with two attached hydrogens (primary N) is 1. The molecule has 0 bridgehead atoms. The Morgan fingerprint density at radius 1 is 1.56 bits per heavy atom. The Labute approximate surface area is 94.2 Å². The van der Waals surface area contributed by atoms with Crippen LogP contribution in [0.4, 0.5) is 0 Å². The van der Waals surface area contributed by atoms with Gasteiger partial charge in [-0.3, -0.25) is 14.5 Å². The molecule has 0 saturated heterocycles. The maximum Gasteiger partial charge on any atom is 0.231 e. The highest BCUT2D eigenvalue weighted by Gasteiger charge is 2.14. The third-order valence-corrected chi connectivity index (χ3v) is 2.25. The average molecular weight is 224 g/mol. The third kappa shape index (κ3) is 3.51. The number of nitrogens with zero attached hydrogens (tertiary/aromatic N) is 1. The molecule has 1 amide bonds. The predicted octanol–water partition coefficient (Wildman–Crippen LogP) is 0.788. The summed E-state index contributed by atoms with van der Waals surface area (Å²) >= 11 is 0. The molecule has 1 heterocycles. The summed E-state index contributed by atoms with van der Waals surface area (Å²) in [5.41, 5.74) is 5.15. The molecule has 5 heteroatoms. The second-order valence-electron chi connectivity index (χ2n) is 3.89. The molecule has 0 aliphatic heterocycles. The monoisotopic (exact) mass is 224 g/mol. The van der Waals surface area contributed by atoms with Crippen LogP contribution in [0.25, 0.3) is 0 Å². The van der Waals surface area contributed by atoms with Crippen molar-refractivity contribution in [2.24, 2.45) is 5.73 Å². The number of carbonyl (C=O) groups is 2. The molecule has 1 rings (SSSR count). The zero-order chi connectivity index (χ0) is 12.1. The summed E-state index contributed by atoms with van der Waals surface area (Å²) in [7, 11) is 0. The molecule has 1 aromatic heterocycles. The third-order valence-electron chi connectivity index (χ3n) is 2.25. The van der Waals surface area contributed by atoms with Crippen molar-refractivity contribution in [1.82, 2.24) is 4.90 Å². The van der Waals surface area contributed by atoms with Crippen molar-refractivity contribution < 1.29 is 14.0 Å². The van der Waals surface area contributed by atoms with Crippen LogP contribution in [0.5, 0.6) is 0 Å². The number of amides is 1. The van der Waals surface area contributed by atoms with E-state index >= 15 is 0 Å². The number of carbonyl (C=O) groups excluding carboxylic acids is 2. The van der Waals surface area contributed by atoms with E-state index in [4.69, 9.17) is 10.2 Å². The van der Waals surface area contributed by atoms with Gasteiger partial charge >= 0.3 is 0 Å². The van der Waals surface area contributed by atoms with Gasteiger partial charge in [-0.1, -0.05) is 0 Å². The van der Waals surface area contributed by atoms with Crippen LogP contribution >= 0.6 is 0 Å². The highest BCUT2D eigenvalue weighted by Crippen LogP contribution is 2.11. The summed E-state index contributed by atoms with van der Waals surface area (Å²) in [6, 6.07) is 3.50. The van der Waals surface area contributed by atoms with Gasteiger partial charge in [-0.25, -0.2) is 0 Å². The van der Waals surface area contributed by atoms with E-state index in [1.165, 1.54) is 0 Å². The number of hydrogen-bond acceptors (Lipinski definition) is 4. The minimum absolute atomic E-state index is 0.175. The minimum atomic E-state index is -0.379. The van der Waals surface area contributed by atoms with Gasteiger partial charge in [0.2, 0.25) is 5.91 Å². The van der Waals surface area contributed by atoms with Crippen LogP contribution in [0.1, 0.15) is 30.2 Å². The molecule has 0 aliphatic carbocycles. The first kappa shape index (κ1) is 12.4. The lowest BCUT2D eigenvalue weighted by molar-refractivity contribution is -0.119. The van der Waals surface area contributed by atoms with Crippen LogP contribution in [-0.4, -0.2) is 29.7 Å². The van der Waals surface area contributed by atoms with Gasteiger partial charge in [0.25, 0.3) is 0 Å². The molecule has 5 nitrogen and oxygen atoms in total. The van der Waals surface area contributed by atoms with Crippen molar-refractivity contribution in [1.29, 1.82) is 0 Å². The van der Waals surface area contributed by atoms with Crippen LogP contribution in [-0.2, 0) is 11.3 Å². The molecule has 0 atom stereocenters. The van der Waals surface area contributed by atoms with E-state index in [2.05, 4.69) is 0 Å². The lowest BCUT2D eigenvalue weighted by Crippen LogP contribution is -2.37. The van der Waals surface area contributed by atoms with E-state index in [0.29, 0.717) is 18.6 Å². The molecule has 0 saturated carbocycles. The van der Waals surface area contributed by atoms with Gasteiger partial charge in [0, 0.05) is 6.04 Å². The number of furan rings is 1. The van der Waals surface area contributed by atoms with Gasteiger partial charge in [0.1, 0.15) is 5.76 Å². The molecule has 0 radical (unpaired) electrons. The first-order valence-corrected chi connectivity index (χ1v) is 5.09. The Bertz CT molecular complexity index is 371. The lowest BCUT2D eigenvalue weighted by atomic mass is 10.3. The molecule has 88 valence electrons. The Morgan fingerprint density at radius 2 is 2.25 bits per heavy atom. The van der Waals surface area contributed by atoms with E-state index in [1.807, 2.05) is 18.7 Å². The zero-order valence-electron chi connectivity index (χ0n) is 9.47. The fraction of sp³-hybridized carbons (Fsp3) is 0.455. The second-order valence-corrected chi connectivity index (χ2v) is 3.89. The standard InChI is InChI=1S/C11H16N2O3/c1-8(2)13(6-11(12)15)5-9-3-4-10(7-14)16-9/h3-4,7-8H,5-6H2,1-2H3,(H2,12,15). The fourth-order valence-corrected chi connectivity index (χ4v) is 1.36. The highest BCUT2D eigenvalue weighted by atomic mass is 16.3. The largest absolute Gasteiger partial charge is 0.457 e. The Balaban J connectivity index is 2.67. The van der Waals surface area contributed by atoms with E-state index in [0.717, 1.165) is 0 Å². The molecule has 0 aromatic carbocycles. The van der Waals surface area contributed by atoms with E-state index < -0.39 is 0 Å². The van der Waals surface area contributed by atoms with Gasteiger partial charge in [0.05, 0.1) is 13.1 Å². The van der Waals surface area contributed by atoms with Crippen molar-refractivity contribution >= 4 is 12.2 Å². The fourth-order valence-electron chi connectivity index (χ4n) is 1.36. The number of hydrogen-bond donors (Lipinski definition) is 1. The molecule has 2 N–H and O–H groups in total. The van der Waals surface area contributed by atoms with Crippen LogP contribution in [0.15, 0.2) is 16.5 Å². The lowest BCUT2D eigenvalue weighted by Gasteiger charge is -2.23. The first-order chi connectivity index (χ1) is 7.52. The summed E-state index contributed by atoms with van der Waals surface area (Å²) in [6.07, 6.45) is 0.650. The summed E-state index contributed by atoms with van der Waals surface area (Å²) in [6.45, 7) is 4.57. The van der Waals surface area contributed by atoms with E-state index in [-0.39, 0.29) is 24.3 Å². The zero-order valence-corrected chi connectivity index (χ0v) is 9.47. The smallest absolute Gasteiger partial charge is 0.231 e. The molecular formula is C11H16N2O3. The summed E-state index contributed by atoms with van der Waals surface area (Å²) in [5, 5.41) is 0. The topological polar surface area (TPSA) is 76.5 Å². The van der Waals surface area contributed by atoms with Gasteiger partial charge in [-0.2, -0.15) is 0 Å². The molecule has 0 spiro atoms. The van der Waals surface area contributed by atoms with Gasteiger partial charge in [0.15, 0.2) is 12.0 Å². The number of aldehydes is 1. The molecule has 1 aromatic rings. The maximum atomic E-state index is 10.9. The van der Waals surface area contributed by atoms with Gasteiger partial charge < -0.3 is 10.2 Å². The SMILES string of the molecule is CC(C)N(CC(N)=O)Cc1ccc(C=O)o1. The summed E-state index contributed by atoms with van der Waals surface area (Å²) in [4.78, 5) is 23.2. The van der Waals surface area contributed by atoms with Crippen LogP contribution < -0.4 is 5.73 Å². The highest BCUT2D eigenvalue weighted by molar-refractivity contribution is 5.76. The average Bonchev–Trinajstić information content (AvgIpc) is 2.63. The van der Waals surface area contributed by atoms with Crippen LogP contribution in [0.3, 0.4) is 0 Å². The Kier molecular flexibility index (Phi) is 4.25. The van der Waals surface area contributed by atoms with Gasteiger partial charge in [-0.05, 0) is 26.0 Å². The quantitative estimate of drug-likeness (QED) is 0.725. The molecule has 0 unspecified atom stereocenters. The normalized spacial score (nSPS) is 11.0.